The lowest BCUT2D eigenvalue weighted by atomic mass is 10.3. The van der Waals surface area contributed by atoms with Gasteiger partial charge in [0, 0.05) is 31.6 Å². The number of piperazine rings is 1. The minimum absolute atomic E-state index is 0.560. The molecule has 0 N–H and O–H groups in total. The van der Waals surface area contributed by atoms with Crippen molar-refractivity contribution in [3.8, 4) is 0 Å². The largest absolute Gasteiger partial charge is 0.338 e. The van der Waals surface area contributed by atoms with Crippen molar-refractivity contribution >= 4 is 39.1 Å². The summed E-state index contributed by atoms with van der Waals surface area (Å²) in [5.74, 6) is 0.762. The predicted octanol–water partition coefficient (Wildman–Crippen LogP) is 2.10. The van der Waals surface area contributed by atoms with E-state index in [-0.39, 0.29) is 0 Å². The third-order valence-electron chi connectivity index (χ3n) is 3.05. The molecule has 1 aliphatic rings. The zero-order chi connectivity index (χ0) is 11.8. The minimum atomic E-state index is 0.560. The van der Waals surface area contributed by atoms with Gasteiger partial charge in [-0.2, -0.15) is 0 Å². The van der Waals surface area contributed by atoms with Crippen LogP contribution < -0.4 is 4.90 Å². The summed E-state index contributed by atoms with van der Waals surface area (Å²) in [6, 6.07) is 1.97. The van der Waals surface area contributed by atoms with Crippen molar-refractivity contribution in [2.45, 2.75) is 0 Å². The van der Waals surface area contributed by atoms with E-state index >= 15 is 0 Å². The molecule has 0 amide bonds. The zero-order valence-corrected chi connectivity index (χ0v) is 11.1. The van der Waals surface area contributed by atoms with Crippen LogP contribution in [0.4, 0.5) is 5.95 Å². The van der Waals surface area contributed by atoms with Crippen LogP contribution in [-0.4, -0.2) is 48.1 Å². The number of likely N-dealkylation sites (N-methyl/N-ethyl adjacent to an activating group) is 1. The Balaban J connectivity index is 1.94. The fourth-order valence-corrected chi connectivity index (χ4v) is 3.00. The van der Waals surface area contributed by atoms with Crippen molar-refractivity contribution in [3.05, 3.63) is 16.6 Å². The van der Waals surface area contributed by atoms with Gasteiger partial charge in [0.15, 0.2) is 0 Å². The lowest BCUT2D eigenvalue weighted by Gasteiger charge is -2.32. The van der Waals surface area contributed by atoms with E-state index in [1.54, 1.807) is 11.3 Å². The molecule has 2 aromatic rings. The number of nitrogens with zero attached hydrogens (tertiary/aromatic N) is 4. The van der Waals surface area contributed by atoms with Gasteiger partial charge in [-0.1, -0.05) is 11.6 Å². The standard InChI is InChI=1S/C11H13ClN4S/c1-15-3-5-16(6-4-15)11-13-9(12)8-2-7-17-10(8)14-11/h2,7H,3-6H2,1H3. The first-order valence-corrected chi connectivity index (χ1v) is 6.84. The molecular formula is C11H13ClN4S. The Kier molecular flexibility index (Phi) is 2.90. The Morgan fingerprint density at radius 1 is 1.24 bits per heavy atom. The molecule has 0 saturated carbocycles. The molecule has 0 radical (unpaired) electrons. The van der Waals surface area contributed by atoms with Gasteiger partial charge in [0.25, 0.3) is 0 Å². The molecule has 0 spiro atoms. The van der Waals surface area contributed by atoms with Crippen molar-refractivity contribution in [2.75, 3.05) is 38.1 Å². The number of halogens is 1. The number of rotatable bonds is 1. The van der Waals surface area contributed by atoms with Crippen LogP contribution >= 0.6 is 22.9 Å². The van der Waals surface area contributed by atoms with Crippen molar-refractivity contribution in [1.29, 1.82) is 0 Å². The van der Waals surface area contributed by atoms with Gasteiger partial charge in [0.05, 0.1) is 0 Å². The van der Waals surface area contributed by atoms with Crippen LogP contribution in [0.3, 0.4) is 0 Å². The molecule has 0 unspecified atom stereocenters. The molecular weight excluding hydrogens is 256 g/mol. The third-order valence-corrected chi connectivity index (χ3v) is 4.15. The Morgan fingerprint density at radius 2 is 2.00 bits per heavy atom. The number of anilines is 1. The Labute approximate surface area is 109 Å². The average Bonchev–Trinajstić information content (AvgIpc) is 2.78. The summed E-state index contributed by atoms with van der Waals surface area (Å²) in [6.45, 7) is 4.01. The van der Waals surface area contributed by atoms with Crippen LogP contribution in [0.15, 0.2) is 11.4 Å². The maximum absolute atomic E-state index is 6.17. The monoisotopic (exact) mass is 268 g/mol. The van der Waals surface area contributed by atoms with E-state index in [0.717, 1.165) is 42.3 Å². The first kappa shape index (κ1) is 11.2. The van der Waals surface area contributed by atoms with Crippen LogP contribution in [0, 0.1) is 0 Å². The fourth-order valence-electron chi connectivity index (χ4n) is 1.96. The highest BCUT2D eigenvalue weighted by molar-refractivity contribution is 7.16. The van der Waals surface area contributed by atoms with Gasteiger partial charge in [-0.15, -0.1) is 11.3 Å². The first-order chi connectivity index (χ1) is 8.24. The average molecular weight is 269 g/mol. The van der Waals surface area contributed by atoms with E-state index in [4.69, 9.17) is 11.6 Å². The summed E-state index contributed by atoms with van der Waals surface area (Å²) in [5, 5.41) is 3.51. The molecule has 0 aliphatic carbocycles. The molecule has 0 bridgehead atoms. The molecule has 0 atom stereocenters. The second kappa shape index (κ2) is 4.40. The summed E-state index contributed by atoms with van der Waals surface area (Å²) in [4.78, 5) is 14.4. The van der Waals surface area contributed by atoms with Gasteiger partial charge in [-0.25, -0.2) is 9.97 Å². The van der Waals surface area contributed by atoms with E-state index in [1.165, 1.54) is 0 Å². The Hall–Kier alpha value is -0.910. The van der Waals surface area contributed by atoms with Gasteiger partial charge in [-0.05, 0) is 18.5 Å². The van der Waals surface area contributed by atoms with Crippen molar-refractivity contribution in [2.24, 2.45) is 0 Å². The summed E-state index contributed by atoms with van der Waals surface area (Å²) in [5.41, 5.74) is 0. The molecule has 1 saturated heterocycles. The van der Waals surface area contributed by atoms with Crippen LogP contribution in [0.5, 0.6) is 0 Å². The maximum Gasteiger partial charge on any atom is 0.228 e. The second-order valence-electron chi connectivity index (χ2n) is 4.24. The van der Waals surface area contributed by atoms with E-state index in [9.17, 15) is 0 Å². The summed E-state index contributed by atoms with van der Waals surface area (Å²) < 4.78 is 0. The maximum atomic E-state index is 6.17. The smallest absolute Gasteiger partial charge is 0.228 e. The third kappa shape index (κ3) is 2.10. The molecule has 3 heterocycles. The SMILES string of the molecule is CN1CCN(c2nc(Cl)c3ccsc3n2)CC1. The number of hydrogen-bond donors (Lipinski definition) is 0. The second-order valence-corrected chi connectivity index (χ2v) is 5.50. The molecule has 17 heavy (non-hydrogen) atoms. The molecule has 4 nitrogen and oxygen atoms in total. The van der Waals surface area contributed by atoms with Crippen LogP contribution in [0.25, 0.3) is 10.2 Å². The van der Waals surface area contributed by atoms with Gasteiger partial charge in [0.2, 0.25) is 5.95 Å². The number of thiophene rings is 1. The quantitative estimate of drug-likeness (QED) is 0.742. The normalized spacial score (nSPS) is 17.9. The van der Waals surface area contributed by atoms with E-state index < -0.39 is 0 Å². The van der Waals surface area contributed by atoms with Crippen molar-refractivity contribution < 1.29 is 0 Å². The molecule has 1 aliphatic heterocycles. The summed E-state index contributed by atoms with van der Waals surface area (Å²) in [6.07, 6.45) is 0. The minimum Gasteiger partial charge on any atom is -0.338 e. The molecule has 3 rings (SSSR count). The predicted molar refractivity (Wildman–Crippen MR) is 72.1 cm³/mol. The highest BCUT2D eigenvalue weighted by Gasteiger charge is 2.18. The highest BCUT2D eigenvalue weighted by Crippen LogP contribution is 2.27. The van der Waals surface area contributed by atoms with Gasteiger partial charge in [0.1, 0.15) is 9.98 Å². The number of fused-ring (bicyclic) bond motifs is 1. The number of aromatic nitrogens is 2. The summed E-state index contributed by atoms with van der Waals surface area (Å²) >= 11 is 7.78. The molecule has 6 heteroatoms. The first-order valence-electron chi connectivity index (χ1n) is 5.58. The molecule has 0 aromatic carbocycles. The van der Waals surface area contributed by atoms with E-state index in [0.29, 0.717) is 5.15 Å². The van der Waals surface area contributed by atoms with E-state index in [1.807, 2.05) is 11.4 Å². The Bertz CT molecular complexity index is 533. The van der Waals surface area contributed by atoms with Crippen LogP contribution in [0.2, 0.25) is 5.15 Å². The zero-order valence-electron chi connectivity index (χ0n) is 9.56. The molecule has 2 aromatic heterocycles. The lowest BCUT2D eigenvalue weighted by molar-refractivity contribution is 0.311. The van der Waals surface area contributed by atoms with Gasteiger partial charge < -0.3 is 9.80 Å². The van der Waals surface area contributed by atoms with Gasteiger partial charge in [-0.3, -0.25) is 0 Å². The topological polar surface area (TPSA) is 32.3 Å². The summed E-state index contributed by atoms with van der Waals surface area (Å²) in [7, 11) is 2.13. The van der Waals surface area contributed by atoms with Crippen LogP contribution in [-0.2, 0) is 0 Å². The highest BCUT2D eigenvalue weighted by atomic mass is 35.5. The van der Waals surface area contributed by atoms with E-state index in [2.05, 4.69) is 26.8 Å². The van der Waals surface area contributed by atoms with Gasteiger partial charge >= 0.3 is 0 Å². The fraction of sp³-hybridized carbons (Fsp3) is 0.455. The Morgan fingerprint density at radius 3 is 2.76 bits per heavy atom. The number of hydrogen-bond acceptors (Lipinski definition) is 5. The molecule has 90 valence electrons. The van der Waals surface area contributed by atoms with Crippen molar-refractivity contribution in [1.82, 2.24) is 14.9 Å². The lowest BCUT2D eigenvalue weighted by Crippen LogP contribution is -2.45. The van der Waals surface area contributed by atoms with Crippen molar-refractivity contribution in [3.63, 3.8) is 0 Å². The molecule has 1 fully saturated rings. The van der Waals surface area contributed by atoms with Crippen LogP contribution in [0.1, 0.15) is 0 Å².